The van der Waals surface area contributed by atoms with Crippen molar-refractivity contribution in [1.29, 1.82) is 0 Å². The van der Waals surface area contributed by atoms with E-state index in [0.29, 0.717) is 6.42 Å². The first kappa shape index (κ1) is 16.3. The first-order valence-corrected chi connectivity index (χ1v) is 8.46. The number of hydrogen-bond donors (Lipinski definition) is 1. The highest BCUT2D eigenvalue weighted by Crippen LogP contribution is 2.51. The quantitative estimate of drug-likeness (QED) is 0.848. The van der Waals surface area contributed by atoms with Gasteiger partial charge in [-0.25, -0.2) is 0 Å². The Kier molecular flexibility index (Phi) is 4.64. The molecule has 1 aliphatic carbocycles. The van der Waals surface area contributed by atoms with Crippen molar-refractivity contribution >= 4 is 0 Å². The van der Waals surface area contributed by atoms with Crippen molar-refractivity contribution in [3.8, 4) is 11.5 Å². The fraction of sp³-hybridized carbons (Fsp3) is 0.579. The molecule has 4 heteroatoms. The predicted octanol–water partition coefficient (Wildman–Crippen LogP) is 3.09. The van der Waals surface area contributed by atoms with Crippen LogP contribution in [0.25, 0.3) is 0 Å². The van der Waals surface area contributed by atoms with Crippen LogP contribution in [0.15, 0.2) is 23.8 Å². The summed E-state index contributed by atoms with van der Waals surface area (Å²) in [6.07, 6.45) is 3.35. The molecule has 1 aromatic carbocycles. The van der Waals surface area contributed by atoms with Gasteiger partial charge in [0, 0.05) is 24.4 Å². The Morgan fingerprint density at radius 2 is 2.17 bits per heavy atom. The van der Waals surface area contributed by atoms with Gasteiger partial charge in [0.2, 0.25) is 0 Å². The van der Waals surface area contributed by atoms with E-state index < -0.39 is 6.10 Å². The smallest absolute Gasteiger partial charge is 0.165 e. The number of benzene rings is 1. The van der Waals surface area contributed by atoms with Crippen LogP contribution in [-0.4, -0.2) is 42.9 Å². The molecular formula is C19H27NO3. The van der Waals surface area contributed by atoms with Crippen LogP contribution in [0.1, 0.15) is 43.7 Å². The summed E-state index contributed by atoms with van der Waals surface area (Å²) >= 11 is 0. The van der Waals surface area contributed by atoms with Crippen LogP contribution in [0.5, 0.6) is 11.5 Å². The average Bonchev–Trinajstić information content (AvgIpc) is 2.87. The van der Waals surface area contributed by atoms with Crippen molar-refractivity contribution in [3.63, 3.8) is 0 Å². The monoisotopic (exact) mass is 317 g/mol. The maximum atomic E-state index is 10.0. The van der Waals surface area contributed by atoms with E-state index in [4.69, 9.17) is 9.47 Å². The van der Waals surface area contributed by atoms with Crippen LogP contribution in [0.2, 0.25) is 0 Å². The molecule has 0 spiro atoms. The summed E-state index contributed by atoms with van der Waals surface area (Å²) in [6.45, 7) is 6.27. The minimum absolute atomic E-state index is 0.0107. The molecule has 0 bridgehead atoms. The number of nitrogens with zero attached hydrogens (tertiary/aromatic N) is 1. The van der Waals surface area contributed by atoms with Crippen molar-refractivity contribution in [1.82, 2.24) is 4.90 Å². The highest BCUT2D eigenvalue weighted by molar-refractivity contribution is 5.58. The number of fused-ring (bicyclic) bond motifs is 3. The lowest BCUT2D eigenvalue weighted by molar-refractivity contribution is 0.114. The largest absolute Gasteiger partial charge is 0.493 e. The van der Waals surface area contributed by atoms with E-state index in [2.05, 4.69) is 31.9 Å². The second kappa shape index (κ2) is 6.54. The zero-order valence-corrected chi connectivity index (χ0v) is 14.5. The molecule has 1 heterocycles. The maximum Gasteiger partial charge on any atom is 0.165 e. The molecule has 0 amide bonds. The lowest BCUT2D eigenvalue weighted by Crippen LogP contribution is -2.30. The number of aliphatic hydroxyl groups excluding tert-OH is 1. The van der Waals surface area contributed by atoms with Gasteiger partial charge < -0.3 is 19.5 Å². The van der Waals surface area contributed by atoms with E-state index >= 15 is 0 Å². The molecule has 23 heavy (non-hydrogen) atoms. The molecule has 0 aromatic heterocycles. The molecule has 3 atom stereocenters. The van der Waals surface area contributed by atoms with Gasteiger partial charge in [-0.05, 0) is 38.6 Å². The minimum Gasteiger partial charge on any atom is -0.493 e. The molecule has 1 aliphatic heterocycles. The number of ether oxygens (including phenoxy) is 2. The third-order valence-corrected chi connectivity index (χ3v) is 4.89. The van der Waals surface area contributed by atoms with Crippen LogP contribution in [0.3, 0.4) is 0 Å². The molecule has 2 aliphatic rings. The highest BCUT2D eigenvalue weighted by Gasteiger charge is 2.42. The number of methoxy groups -OCH3 is 1. The Balaban J connectivity index is 2.02. The Bertz CT molecular complexity index is 611. The summed E-state index contributed by atoms with van der Waals surface area (Å²) in [5.74, 6) is 1.89. The molecule has 4 nitrogen and oxygen atoms in total. The van der Waals surface area contributed by atoms with Gasteiger partial charge in [0.15, 0.2) is 11.5 Å². The van der Waals surface area contributed by atoms with Gasteiger partial charge in [0.25, 0.3) is 0 Å². The van der Waals surface area contributed by atoms with Crippen LogP contribution in [-0.2, 0) is 6.54 Å². The summed E-state index contributed by atoms with van der Waals surface area (Å²) in [5, 5.41) is 10.0. The molecule has 0 unspecified atom stereocenters. The zero-order valence-electron chi connectivity index (χ0n) is 14.5. The van der Waals surface area contributed by atoms with Crippen LogP contribution >= 0.6 is 0 Å². The number of hydrogen-bond acceptors (Lipinski definition) is 4. The van der Waals surface area contributed by atoms with E-state index in [9.17, 15) is 5.11 Å². The van der Waals surface area contributed by atoms with E-state index in [1.54, 1.807) is 7.11 Å². The van der Waals surface area contributed by atoms with E-state index in [0.717, 1.165) is 31.0 Å². The minimum atomic E-state index is -0.414. The van der Waals surface area contributed by atoms with Crippen LogP contribution in [0.4, 0.5) is 0 Å². The molecule has 0 saturated carbocycles. The second-order valence-electron chi connectivity index (χ2n) is 6.76. The van der Waals surface area contributed by atoms with Gasteiger partial charge in [-0.2, -0.15) is 0 Å². The molecule has 0 radical (unpaired) electrons. The number of aliphatic hydroxyl groups is 1. The van der Waals surface area contributed by atoms with Gasteiger partial charge in [0.1, 0.15) is 6.10 Å². The molecule has 1 N–H and O–H groups in total. The van der Waals surface area contributed by atoms with Crippen molar-refractivity contribution in [2.45, 2.75) is 51.4 Å². The van der Waals surface area contributed by atoms with Crippen LogP contribution in [0, 0.1) is 0 Å². The standard InChI is InChI=1S/C19H27NO3/c1-5-8-20(3)11-13-6-7-15(22-4)19-18(13)17-12(2)9-14(21)10-16(17)23-19/h6-7,9,14,16-17,21H,5,8,10-11H2,1-4H3/t14-,16-,17+/m0/s1. The van der Waals surface area contributed by atoms with Crippen molar-refractivity contribution < 1.29 is 14.6 Å². The number of rotatable bonds is 5. The summed E-state index contributed by atoms with van der Waals surface area (Å²) < 4.78 is 11.7. The highest BCUT2D eigenvalue weighted by atomic mass is 16.5. The fourth-order valence-electron chi connectivity index (χ4n) is 3.96. The van der Waals surface area contributed by atoms with E-state index in [-0.39, 0.29) is 12.0 Å². The van der Waals surface area contributed by atoms with Gasteiger partial charge >= 0.3 is 0 Å². The molecule has 0 saturated heterocycles. The Hall–Kier alpha value is -1.52. The van der Waals surface area contributed by atoms with Gasteiger partial charge in [-0.15, -0.1) is 0 Å². The molecule has 126 valence electrons. The normalized spacial score (nSPS) is 25.7. The third kappa shape index (κ3) is 2.98. The summed E-state index contributed by atoms with van der Waals surface area (Å²) in [7, 11) is 3.84. The molecule has 3 rings (SSSR count). The summed E-state index contributed by atoms with van der Waals surface area (Å²) in [6, 6.07) is 4.16. The van der Waals surface area contributed by atoms with Crippen LogP contribution < -0.4 is 9.47 Å². The molecule has 0 fully saturated rings. The second-order valence-corrected chi connectivity index (χ2v) is 6.76. The Labute approximate surface area is 138 Å². The topological polar surface area (TPSA) is 41.9 Å². The van der Waals surface area contributed by atoms with Crippen molar-refractivity contribution in [2.75, 3.05) is 20.7 Å². The summed E-state index contributed by atoms with van der Waals surface area (Å²) in [5.41, 5.74) is 3.74. The average molecular weight is 317 g/mol. The van der Waals surface area contributed by atoms with Gasteiger partial charge in [-0.1, -0.05) is 24.6 Å². The van der Waals surface area contributed by atoms with Gasteiger partial charge in [0.05, 0.1) is 13.2 Å². The fourth-order valence-corrected chi connectivity index (χ4v) is 3.96. The maximum absolute atomic E-state index is 10.0. The molecular weight excluding hydrogens is 290 g/mol. The summed E-state index contributed by atoms with van der Waals surface area (Å²) in [4.78, 5) is 2.34. The van der Waals surface area contributed by atoms with E-state index in [1.807, 2.05) is 12.1 Å². The zero-order chi connectivity index (χ0) is 16.6. The lowest BCUT2D eigenvalue weighted by Gasteiger charge is -2.28. The predicted molar refractivity (Wildman–Crippen MR) is 91.2 cm³/mol. The lowest BCUT2D eigenvalue weighted by atomic mass is 9.80. The van der Waals surface area contributed by atoms with E-state index in [1.165, 1.54) is 16.7 Å². The third-order valence-electron chi connectivity index (χ3n) is 4.89. The Morgan fingerprint density at radius 1 is 1.39 bits per heavy atom. The first-order valence-electron chi connectivity index (χ1n) is 8.46. The molecule has 1 aromatic rings. The van der Waals surface area contributed by atoms with Crippen molar-refractivity contribution in [3.05, 3.63) is 34.9 Å². The Morgan fingerprint density at radius 3 is 2.87 bits per heavy atom. The SMILES string of the molecule is CCCN(C)Cc1ccc(OC)c2c1[C@@H]1C(C)=C[C@H](O)C[C@@H]1O2. The van der Waals surface area contributed by atoms with Gasteiger partial charge in [-0.3, -0.25) is 0 Å². The van der Waals surface area contributed by atoms with Crippen molar-refractivity contribution in [2.24, 2.45) is 0 Å². The first-order chi connectivity index (χ1) is 11.0.